The molecule has 0 saturated carbocycles. The molecule has 2 rings (SSSR count). The average Bonchev–Trinajstić information content (AvgIpc) is 2.39. The summed E-state index contributed by atoms with van der Waals surface area (Å²) in [4.78, 5) is 20.2. The van der Waals surface area contributed by atoms with E-state index in [0.717, 1.165) is 0 Å². The number of hydrogen-bond acceptors (Lipinski definition) is 4. The van der Waals surface area contributed by atoms with Gasteiger partial charge in [0.2, 0.25) is 5.78 Å². The van der Waals surface area contributed by atoms with Crippen LogP contribution in [0.3, 0.4) is 0 Å². The molecule has 92 valence electrons. The number of benzene rings is 1. The molecule has 0 spiro atoms. The number of carbonyl (C=O) groups excluding carboxylic acids is 1. The summed E-state index contributed by atoms with van der Waals surface area (Å²) in [5, 5.41) is 0. The molecule has 0 amide bonds. The summed E-state index contributed by atoms with van der Waals surface area (Å²) in [5.41, 5.74) is 0.823. The van der Waals surface area contributed by atoms with Crippen molar-refractivity contribution in [3.63, 3.8) is 0 Å². The van der Waals surface area contributed by atoms with Crippen molar-refractivity contribution in [2.24, 2.45) is 0 Å². The van der Waals surface area contributed by atoms with Crippen LogP contribution >= 0.6 is 0 Å². The largest absolute Gasteiger partial charge is 0.490 e. The van der Waals surface area contributed by atoms with Crippen LogP contribution in [0.15, 0.2) is 42.9 Å². The molecule has 18 heavy (non-hydrogen) atoms. The zero-order valence-electron chi connectivity index (χ0n) is 10.3. The Kier molecular flexibility index (Phi) is 3.67. The van der Waals surface area contributed by atoms with Crippen LogP contribution in [0.5, 0.6) is 5.75 Å². The zero-order chi connectivity index (χ0) is 13.0. The van der Waals surface area contributed by atoms with Gasteiger partial charge >= 0.3 is 0 Å². The molecule has 1 heterocycles. The normalized spacial score (nSPS) is 10.4. The first kappa shape index (κ1) is 12.2. The van der Waals surface area contributed by atoms with Crippen molar-refractivity contribution >= 4 is 5.78 Å². The summed E-state index contributed by atoms with van der Waals surface area (Å²) in [5.74, 6) is 0.391. The van der Waals surface area contributed by atoms with Crippen LogP contribution in [0.2, 0.25) is 0 Å². The van der Waals surface area contributed by atoms with Crippen molar-refractivity contribution in [2.45, 2.75) is 20.0 Å². The number of ether oxygens (including phenoxy) is 1. The Morgan fingerprint density at radius 2 is 2.00 bits per heavy atom. The molecule has 2 aromatic rings. The van der Waals surface area contributed by atoms with E-state index in [1.807, 2.05) is 19.9 Å². The summed E-state index contributed by atoms with van der Waals surface area (Å²) >= 11 is 0. The second-order valence-electron chi connectivity index (χ2n) is 4.08. The fourth-order valence-electron chi connectivity index (χ4n) is 1.57. The Labute approximate surface area is 106 Å². The molecular weight excluding hydrogens is 228 g/mol. The number of carbonyl (C=O) groups is 1. The Morgan fingerprint density at radius 3 is 2.67 bits per heavy atom. The number of aromatic nitrogens is 2. The van der Waals surface area contributed by atoms with E-state index < -0.39 is 0 Å². The molecule has 0 aliphatic rings. The van der Waals surface area contributed by atoms with Crippen molar-refractivity contribution in [3.05, 3.63) is 54.1 Å². The third kappa shape index (κ3) is 2.71. The molecular formula is C14H14N2O2. The number of ketones is 1. The van der Waals surface area contributed by atoms with Gasteiger partial charge in [-0.25, -0.2) is 4.98 Å². The Morgan fingerprint density at radius 1 is 1.22 bits per heavy atom. The van der Waals surface area contributed by atoms with Crippen LogP contribution in [0.25, 0.3) is 0 Å². The second kappa shape index (κ2) is 5.40. The zero-order valence-corrected chi connectivity index (χ0v) is 10.3. The molecule has 0 fully saturated rings. The van der Waals surface area contributed by atoms with Gasteiger partial charge in [-0.1, -0.05) is 12.1 Å². The maximum atomic E-state index is 12.3. The first-order chi connectivity index (χ1) is 8.68. The molecule has 4 heteroatoms. The average molecular weight is 242 g/mol. The monoisotopic (exact) mass is 242 g/mol. The lowest BCUT2D eigenvalue weighted by Gasteiger charge is -2.12. The smallest absolute Gasteiger partial charge is 0.216 e. The van der Waals surface area contributed by atoms with Crippen molar-refractivity contribution in [2.75, 3.05) is 0 Å². The minimum Gasteiger partial charge on any atom is -0.490 e. The van der Waals surface area contributed by atoms with E-state index in [0.29, 0.717) is 17.0 Å². The quantitative estimate of drug-likeness (QED) is 0.773. The number of para-hydroxylation sites is 1. The predicted octanol–water partition coefficient (Wildman–Crippen LogP) is 2.49. The maximum Gasteiger partial charge on any atom is 0.216 e. The van der Waals surface area contributed by atoms with Crippen LogP contribution in [-0.4, -0.2) is 21.9 Å². The van der Waals surface area contributed by atoms with Gasteiger partial charge in [0, 0.05) is 12.4 Å². The first-order valence-corrected chi connectivity index (χ1v) is 5.75. The van der Waals surface area contributed by atoms with Crippen molar-refractivity contribution in [1.29, 1.82) is 0 Å². The van der Waals surface area contributed by atoms with Crippen LogP contribution in [0, 0.1) is 0 Å². The topological polar surface area (TPSA) is 52.1 Å². The predicted molar refractivity (Wildman–Crippen MR) is 67.7 cm³/mol. The van der Waals surface area contributed by atoms with Crippen LogP contribution in [0.1, 0.15) is 29.9 Å². The highest BCUT2D eigenvalue weighted by Gasteiger charge is 2.16. The molecule has 0 aliphatic carbocycles. The van der Waals surface area contributed by atoms with Crippen LogP contribution < -0.4 is 4.74 Å². The first-order valence-electron chi connectivity index (χ1n) is 5.75. The minimum atomic E-state index is -0.181. The van der Waals surface area contributed by atoms with E-state index in [1.54, 1.807) is 18.2 Å². The highest BCUT2D eigenvalue weighted by atomic mass is 16.5. The summed E-state index contributed by atoms with van der Waals surface area (Å²) < 4.78 is 5.62. The van der Waals surface area contributed by atoms with Crippen molar-refractivity contribution in [3.8, 4) is 5.75 Å². The van der Waals surface area contributed by atoms with E-state index in [-0.39, 0.29) is 11.9 Å². The van der Waals surface area contributed by atoms with Gasteiger partial charge < -0.3 is 4.74 Å². The molecule has 1 aromatic carbocycles. The van der Waals surface area contributed by atoms with E-state index in [4.69, 9.17) is 4.74 Å². The van der Waals surface area contributed by atoms with Gasteiger partial charge in [-0.05, 0) is 26.0 Å². The second-order valence-corrected chi connectivity index (χ2v) is 4.08. The molecule has 0 bridgehead atoms. The highest BCUT2D eigenvalue weighted by Crippen LogP contribution is 2.21. The SMILES string of the molecule is CC(C)Oc1ccccc1C(=O)c1cnccn1. The Bertz CT molecular complexity index is 539. The van der Waals surface area contributed by atoms with Crippen LogP contribution in [-0.2, 0) is 0 Å². The number of nitrogens with zero attached hydrogens (tertiary/aromatic N) is 2. The minimum absolute atomic E-state index is 0.0146. The van der Waals surface area contributed by atoms with Gasteiger partial charge in [0.15, 0.2) is 0 Å². The third-order valence-corrected chi connectivity index (χ3v) is 2.29. The van der Waals surface area contributed by atoms with Crippen LogP contribution in [0.4, 0.5) is 0 Å². The fourth-order valence-corrected chi connectivity index (χ4v) is 1.57. The Hall–Kier alpha value is -2.23. The van der Waals surface area contributed by atoms with Gasteiger partial charge in [-0.15, -0.1) is 0 Å². The summed E-state index contributed by atoms with van der Waals surface area (Å²) in [6, 6.07) is 7.15. The molecule has 4 nitrogen and oxygen atoms in total. The highest BCUT2D eigenvalue weighted by molar-refractivity contribution is 6.09. The van der Waals surface area contributed by atoms with Gasteiger partial charge in [0.25, 0.3) is 0 Å². The molecule has 0 unspecified atom stereocenters. The lowest BCUT2D eigenvalue weighted by atomic mass is 10.1. The lowest BCUT2D eigenvalue weighted by molar-refractivity contribution is 0.102. The summed E-state index contributed by atoms with van der Waals surface area (Å²) in [7, 11) is 0. The van der Waals surface area contributed by atoms with E-state index in [2.05, 4.69) is 9.97 Å². The summed E-state index contributed by atoms with van der Waals surface area (Å²) in [6.07, 6.45) is 4.50. The number of hydrogen-bond donors (Lipinski definition) is 0. The molecule has 0 atom stereocenters. The van der Waals surface area contributed by atoms with Crippen molar-refractivity contribution in [1.82, 2.24) is 9.97 Å². The lowest BCUT2D eigenvalue weighted by Crippen LogP contribution is -2.11. The summed E-state index contributed by atoms with van der Waals surface area (Å²) in [6.45, 7) is 3.84. The van der Waals surface area contributed by atoms with Gasteiger partial charge in [0.1, 0.15) is 11.4 Å². The fraction of sp³-hybridized carbons (Fsp3) is 0.214. The van der Waals surface area contributed by atoms with Gasteiger partial charge in [0.05, 0.1) is 17.9 Å². The molecule has 1 aromatic heterocycles. The van der Waals surface area contributed by atoms with Crippen molar-refractivity contribution < 1.29 is 9.53 Å². The molecule has 0 saturated heterocycles. The third-order valence-electron chi connectivity index (χ3n) is 2.29. The number of rotatable bonds is 4. The van der Waals surface area contributed by atoms with E-state index in [9.17, 15) is 4.79 Å². The molecule has 0 N–H and O–H groups in total. The van der Waals surface area contributed by atoms with E-state index in [1.165, 1.54) is 18.6 Å². The van der Waals surface area contributed by atoms with Gasteiger partial charge in [-0.3, -0.25) is 9.78 Å². The standard InChI is InChI=1S/C14H14N2O2/c1-10(2)18-13-6-4-3-5-11(13)14(17)12-9-15-7-8-16-12/h3-10H,1-2H3. The molecule has 0 radical (unpaired) electrons. The maximum absolute atomic E-state index is 12.3. The van der Waals surface area contributed by atoms with Gasteiger partial charge in [-0.2, -0.15) is 0 Å². The van der Waals surface area contributed by atoms with E-state index >= 15 is 0 Å². The molecule has 0 aliphatic heterocycles. The Balaban J connectivity index is 2.36.